The Balaban J connectivity index is 1.59. The van der Waals surface area contributed by atoms with Crippen LogP contribution in [0.25, 0.3) is 0 Å². The van der Waals surface area contributed by atoms with Crippen LogP contribution < -0.4 is 5.32 Å². The fraction of sp³-hybridized carbons (Fsp3) is 0.733. The van der Waals surface area contributed by atoms with Crippen LogP contribution in [-0.2, 0) is 9.47 Å². The molecule has 3 rings (SSSR count). The molecule has 1 aromatic heterocycles. The molecule has 0 bridgehead atoms. The first-order valence-electron chi connectivity index (χ1n) is 7.40. The Hall–Kier alpha value is -0.130. The van der Waals surface area contributed by atoms with Crippen molar-refractivity contribution in [1.82, 2.24) is 5.32 Å². The normalized spacial score (nSPS) is 27.6. The van der Waals surface area contributed by atoms with Crippen LogP contribution in [0.15, 0.2) is 12.1 Å². The summed E-state index contributed by atoms with van der Waals surface area (Å²) in [6, 6.07) is 4.97. The Morgan fingerprint density at radius 3 is 2.85 bits per heavy atom. The van der Waals surface area contributed by atoms with E-state index < -0.39 is 0 Å². The van der Waals surface area contributed by atoms with Gasteiger partial charge in [-0.25, -0.2) is 0 Å². The van der Waals surface area contributed by atoms with Crippen LogP contribution in [0.2, 0.25) is 4.34 Å². The van der Waals surface area contributed by atoms with Gasteiger partial charge in [-0.1, -0.05) is 11.6 Å². The van der Waals surface area contributed by atoms with E-state index in [1.165, 1.54) is 4.88 Å². The van der Waals surface area contributed by atoms with Crippen molar-refractivity contribution in [1.29, 1.82) is 0 Å². The molecule has 0 amide bonds. The van der Waals surface area contributed by atoms with Crippen LogP contribution in [0.3, 0.4) is 0 Å². The first kappa shape index (κ1) is 14.8. The van der Waals surface area contributed by atoms with Gasteiger partial charge in [-0.05, 0) is 44.7 Å². The van der Waals surface area contributed by atoms with Gasteiger partial charge >= 0.3 is 0 Å². The molecule has 0 radical (unpaired) electrons. The Kier molecular flexibility index (Phi) is 4.68. The molecule has 5 heteroatoms. The van der Waals surface area contributed by atoms with Gasteiger partial charge in [0.2, 0.25) is 0 Å². The second kappa shape index (κ2) is 6.32. The van der Waals surface area contributed by atoms with Gasteiger partial charge in [-0.2, -0.15) is 0 Å². The maximum Gasteiger partial charge on any atom is 0.0931 e. The van der Waals surface area contributed by atoms with E-state index in [0.717, 1.165) is 49.8 Å². The highest BCUT2D eigenvalue weighted by atomic mass is 35.5. The predicted octanol–water partition coefficient (Wildman–Crippen LogP) is 3.78. The monoisotopic (exact) mass is 315 g/mol. The van der Waals surface area contributed by atoms with Crippen LogP contribution in [0, 0.1) is 0 Å². The molecule has 2 aliphatic heterocycles. The topological polar surface area (TPSA) is 30.5 Å². The lowest BCUT2D eigenvalue weighted by atomic mass is 9.84. The van der Waals surface area contributed by atoms with Gasteiger partial charge in [0.1, 0.15) is 0 Å². The second-order valence-electron chi connectivity index (χ2n) is 5.86. The Morgan fingerprint density at radius 1 is 1.35 bits per heavy atom. The molecule has 3 nitrogen and oxygen atoms in total. The first-order valence-corrected chi connectivity index (χ1v) is 8.59. The van der Waals surface area contributed by atoms with E-state index >= 15 is 0 Å². The fourth-order valence-corrected chi connectivity index (χ4v) is 4.33. The van der Waals surface area contributed by atoms with Crippen LogP contribution in [0.4, 0.5) is 0 Å². The lowest BCUT2D eigenvalue weighted by Crippen LogP contribution is -2.50. The van der Waals surface area contributed by atoms with Gasteiger partial charge in [-0.15, -0.1) is 11.3 Å². The van der Waals surface area contributed by atoms with Crippen molar-refractivity contribution in [3.8, 4) is 0 Å². The van der Waals surface area contributed by atoms with E-state index in [0.29, 0.717) is 12.1 Å². The Labute approximate surface area is 129 Å². The standard InChI is InChI=1S/C15H22ClNO2S/c1-11(13-2-3-14(16)20-13)17-12-4-7-19-15(10-12)5-8-18-9-6-15/h2-3,11-12,17H,4-10H2,1H3. The molecule has 0 saturated carbocycles. The number of hydrogen-bond acceptors (Lipinski definition) is 4. The number of nitrogens with one attached hydrogen (secondary N) is 1. The van der Waals surface area contributed by atoms with Gasteiger partial charge in [-0.3, -0.25) is 0 Å². The van der Waals surface area contributed by atoms with Crippen molar-refractivity contribution in [2.75, 3.05) is 19.8 Å². The average Bonchev–Trinajstić information content (AvgIpc) is 2.86. The highest BCUT2D eigenvalue weighted by Gasteiger charge is 2.39. The molecule has 2 aliphatic rings. The van der Waals surface area contributed by atoms with Gasteiger partial charge in [0.15, 0.2) is 0 Å². The SMILES string of the molecule is CC(NC1CCOC2(CCOCC2)C1)c1ccc(Cl)s1. The molecule has 2 unspecified atom stereocenters. The summed E-state index contributed by atoms with van der Waals surface area (Å²) in [5, 5.41) is 3.75. The van der Waals surface area contributed by atoms with Gasteiger partial charge in [0.05, 0.1) is 9.94 Å². The minimum absolute atomic E-state index is 0.0565. The average molecular weight is 316 g/mol. The molecular weight excluding hydrogens is 294 g/mol. The lowest BCUT2D eigenvalue weighted by molar-refractivity contribution is -0.140. The molecular formula is C15H22ClNO2S. The summed E-state index contributed by atoms with van der Waals surface area (Å²) < 4.78 is 12.4. The molecule has 2 atom stereocenters. The molecule has 1 aromatic rings. The van der Waals surface area contributed by atoms with Gasteiger partial charge in [0.25, 0.3) is 0 Å². The van der Waals surface area contributed by atoms with Crippen molar-refractivity contribution < 1.29 is 9.47 Å². The molecule has 2 fully saturated rings. The zero-order valence-corrected chi connectivity index (χ0v) is 13.4. The molecule has 112 valence electrons. The smallest absolute Gasteiger partial charge is 0.0931 e. The van der Waals surface area contributed by atoms with Crippen molar-refractivity contribution in [3.63, 3.8) is 0 Å². The minimum Gasteiger partial charge on any atom is -0.381 e. The number of hydrogen-bond donors (Lipinski definition) is 1. The van der Waals surface area contributed by atoms with Crippen LogP contribution in [0.5, 0.6) is 0 Å². The molecule has 1 spiro atoms. The number of rotatable bonds is 3. The zero-order chi connectivity index (χ0) is 14.0. The summed E-state index contributed by atoms with van der Waals surface area (Å²) in [5.41, 5.74) is 0.0565. The highest BCUT2D eigenvalue weighted by Crippen LogP contribution is 2.35. The summed E-state index contributed by atoms with van der Waals surface area (Å²) in [5.74, 6) is 0. The van der Waals surface area contributed by atoms with Crippen molar-refractivity contribution in [2.24, 2.45) is 0 Å². The fourth-order valence-electron chi connectivity index (χ4n) is 3.26. The van der Waals surface area contributed by atoms with Crippen LogP contribution in [-0.4, -0.2) is 31.5 Å². The Morgan fingerprint density at radius 2 is 2.15 bits per heavy atom. The molecule has 20 heavy (non-hydrogen) atoms. The van der Waals surface area contributed by atoms with Crippen LogP contribution >= 0.6 is 22.9 Å². The summed E-state index contributed by atoms with van der Waals surface area (Å²) in [4.78, 5) is 1.31. The third-order valence-electron chi connectivity index (χ3n) is 4.40. The third-order valence-corrected chi connectivity index (χ3v) is 5.82. The van der Waals surface area contributed by atoms with Gasteiger partial charge < -0.3 is 14.8 Å². The first-order chi connectivity index (χ1) is 9.67. The van der Waals surface area contributed by atoms with E-state index in [-0.39, 0.29) is 5.60 Å². The Bertz CT molecular complexity index is 439. The number of thiophene rings is 1. The van der Waals surface area contributed by atoms with E-state index in [4.69, 9.17) is 21.1 Å². The largest absolute Gasteiger partial charge is 0.381 e. The summed E-state index contributed by atoms with van der Waals surface area (Å²) in [6.07, 6.45) is 4.25. The van der Waals surface area contributed by atoms with Crippen molar-refractivity contribution in [2.45, 2.75) is 50.3 Å². The molecule has 0 aromatic carbocycles. The predicted molar refractivity (Wildman–Crippen MR) is 82.6 cm³/mol. The number of ether oxygens (including phenoxy) is 2. The van der Waals surface area contributed by atoms with Crippen molar-refractivity contribution in [3.05, 3.63) is 21.3 Å². The molecule has 3 heterocycles. The summed E-state index contributed by atoms with van der Waals surface area (Å²) in [7, 11) is 0. The zero-order valence-electron chi connectivity index (χ0n) is 11.9. The molecule has 0 aliphatic carbocycles. The highest BCUT2D eigenvalue weighted by molar-refractivity contribution is 7.16. The van der Waals surface area contributed by atoms with E-state index in [1.54, 1.807) is 11.3 Å². The van der Waals surface area contributed by atoms with E-state index in [9.17, 15) is 0 Å². The van der Waals surface area contributed by atoms with Crippen LogP contribution in [0.1, 0.15) is 43.5 Å². The summed E-state index contributed by atoms with van der Waals surface area (Å²) in [6.45, 7) is 4.75. The van der Waals surface area contributed by atoms with E-state index in [2.05, 4.69) is 18.3 Å². The quantitative estimate of drug-likeness (QED) is 0.920. The minimum atomic E-state index is 0.0565. The maximum absolute atomic E-state index is 6.09. The number of halogens is 1. The second-order valence-corrected chi connectivity index (χ2v) is 7.61. The van der Waals surface area contributed by atoms with Gasteiger partial charge in [0, 0.05) is 36.8 Å². The van der Waals surface area contributed by atoms with Crippen molar-refractivity contribution >= 4 is 22.9 Å². The third kappa shape index (κ3) is 3.37. The maximum atomic E-state index is 6.09. The molecule has 2 saturated heterocycles. The molecule has 1 N–H and O–H groups in total. The van der Waals surface area contributed by atoms with E-state index in [1.807, 2.05) is 6.07 Å². The summed E-state index contributed by atoms with van der Waals surface area (Å²) >= 11 is 7.68. The lowest BCUT2D eigenvalue weighted by Gasteiger charge is -2.44.